The number of amides is 1. The maximum Gasteiger partial charge on any atom is 0.312 e. The number of hydrogen-bond donors (Lipinski definition) is 3. The molecule has 2 aromatic carbocycles. The van der Waals surface area contributed by atoms with Crippen LogP contribution in [0.4, 0.5) is 11.4 Å². The van der Waals surface area contributed by atoms with Crippen molar-refractivity contribution in [2.45, 2.75) is 13.0 Å². The molecule has 0 aliphatic heterocycles. The fourth-order valence-electron chi connectivity index (χ4n) is 2.00. The van der Waals surface area contributed by atoms with Crippen molar-refractivity contribution in [2.24, 2.45) is 5.10 Å². The largest absolute Gasteiger partial charge is 0.502 e. The summed E-state index contributed by atoms with van der Waals surface area (Å²) in [5.74, 6) is -1.06. The molecule has 1 amide bonds. The van der Waals surface area contributed by atoms with Crippen molar-refractivity contribution in [3.8, 4) is 5.75 Å². The number of hydrogen-bond acceptors (Lipinski definition) is 6. The summed E-state index contributed by atoms with van der Waals surface area (Å²) in [4.78, 5) is 22.1. The second-order valence-corrected chi connectivity index (χ2v) is 6.10. The number of anilines is 1. The van der Waals surface area contributed by atoms with Gasteiger partial charge in [0.05, 0.1) is 11.1 Å². The molecule has 0 aliphatic rings. The van der Waals surface area contributed by atoms with Crippen LogP contribution < -0.4 is 10.7 Å². The van der Waals surface area contributed by atoms with Crippen LogP contribution in [-0.4, -0.2) is 28.2 Å². The van der Waals surface area contributed by atoms with Crippen molar-refractivity contribution >= 4 is 46.7 Å². The summed E-state index contributed by atoms with van der Waals surface area (Å²) in [7, 11) is 0. The lowest BCUT2D eigenvalue weighted by molar-refractivity contribution is -0.385. The first-order valence-electron chi connectivity index (χ1n) is 7.30. The highest BCUT2D eigenvalue weighted by molar-refractivity contribution is 6.31. The molecule has 2 aromatic rings. The number of phenols is 1. The molecule has 0 aliphatic carbocycles. The fraction of sp³-hybridized carbons (Fsp3) is 0.125. The van der Waals surface area contributed by atoms with Crippen LogP contribution in [0.3, 0.4) is 0 Å². The molecule has 8 nitrogen and oxygen atoms in total. The molecule has 136 valence electrons. The van der Waals surface area contributed by atoms with Crippen molar-refractivity contribution in [2.75, 3.05) is 5.32 Å². The zero-order chi connectivity index (χ0) is 19.3. The minimum absolute atomic E-state index is 0.0000431. The number of benzene rings is 2. The Bertz CT molecular complexity index is 873. The van der Waals surface area contributed by atoms with E-state index in [0.717, 1.165) is 12.3 Å². The zero-order valence-electron chi connectivity index (χ0n) is 13.4. The maximum absolute atomic E-state index is 12.0. The number of rotatable bonds is 6. The summed E-state index contributed by atoms with van der Waals surface area (Å²) in [5.41, 5.74) is 2.38. The molecule has 0 aromatic heterocycles. The van der Waals surface area contributed by atoms with Gasteiger partial charge in [-0.3, -0.25) is 14.9 Å². The quantitative estimate of drug-likeness (QED) is 0.392. The molecule has 0 saturated carbocycles. The van der Waals surface area contributed by atoms with Gasteiger partial charge in [-0.2, -0.15) is 5.10 Å². The molecule has 0 spiro atoms. The van der Waals surface area contributed by atoms with Gasteiger partial charge in [0.15, 0.2) is 0 Å². The highest BCUT2D eigenvalue weighted by atomic mass is 35.5. The zero-order valence-corrected chi connectivity index (χ0v) is 15.0. The van der Waals surface area contributed by atoms with E-state index < -0.39 is 28.3 Å². The molecule has 0 unspecified atom stereocenters. The van der Waals surface area contributed by atoms with E-state index in [-0.39, 0.29) is 10.6 Å². The van der Waals surface area contributed by atoms with E-state index in [1.54, 1.807) is 31.2 Å². The predicted octanol–water partition coefficient (Wildman–Crippen LogP) is 3.56. The summed E-state index contributed by atoms with van der Waals surface area (Å²) in [6.07, 6.45) is 1.07. The van der Waals surface area contributed by atoms with Crippen LogP contribution in [0.15, 0.2) is 41.5 Å². The molecule has 0 bridgehead atoms. The van der Waals surface area contributed by atoms with Crippen molar-refractivity contribution in [3.63, 3.8) is 0 Å². The van der Waals surface area contributed by atoms with Crippen LogP contribution in [-0.2, 0) is 4.79 Å². The lowest BCUT2D eigenvalue weighted by Crippen LogP contribution is -2.34. The van der Waals surface area contributed by atoms with Crippen molar-refractivity contribution in [3.05, 3.63) is 62.1 Å². The highest BCUT2D eigenvalue weighted by Gasteiger charge is 2.18. The Hall–Kier alpha value is -2.84. The van der Waals surface area contributed by atoms with Crippen molar-refractivity contribution < 1.29 is 14.8 Å². The Morgan fingerprint density at radius 2 is 2.04 bits per heavy atom. The minimum atomic E-state index is -0.770. The van der Waals surface area contributed by atoms with Gasteiger partial charge in [-0.25, -0.2) is 5.43 Å². The van der Waals surface area contributed by atoms with Gasteiger partial charge >= 0.3 is 5.69 Å². The average molecular weight is 397 g/mol. The number of carbonyl (C=O) groups is 1. The number of halogens is 2. The number of phenolic OH excluding ortho intramolecular Hbond substituents is 1. The first kappa shape index (κ1) is 19.5. The number of nitrogens with one attached hydrogen (secondary N) is 2. The number of nitrogens with zero attached hydrogens (tertiary/aromatic N) is 2. The monoisotopic (exact) mass is 396 g/mol. The van der Waals surface area contributed by atoms with Crippen LogP contribution in [0.5, 0.6) is 5.75 Å². The molecule has 0 radical (unpaired) electrons. The number of hydrazone groups is 1. The van der Waals surface area contributed by atoms with E-state index in [1.165, 1.54) is 6.07 Å². The van der Waals surface area contributed by atoms with Gasteiger partial charge in [0, 0.05) is 27.4 Å². The second kappa shape index (κ2) is 8.50. The highest BCUT2D eigenvalue weighted by Crippen LogP contribution is 2.32. The third-order valence-electron chi connectivity index (χ3n) is 3.26. The number of aromatic hydroxyl groups is 1. The Balaban J connectivity index is 2.03. The molecule has 3 N–H and O–H groups in total. The third kappa shape index (κ3) is 5.08. The van der Waals surface area contributed by atoms with E-state index >= 15 is 0 Å². The normalized spacial score (nSPS) is 12.0. The van der Waals surface area contributed by atoms with E-state index in [1.807, 2.05) is 0 Å². The van der Waals surface area contributed by atoms with E-state index in [4.69, 9.17) is 23.2 Å². The molecule has 0 heterocycles. The Kier molecular flexibility index (Phi) is 6.37. The van der Waals surface area contributed by atoms with Crippen molar-refractivity contribution in [1.82, 2.24) is 5.43 Å². The molecule has 10 heteroatoms. The summed E-state index contributed by atoms with van der Waals surface area (Å²) < 4.78 is 0. The average Bonchev–Trinajstić information content (AvgIpc) is 2.57. The second-order valence-electron chi connectivity index (χ2n) is 5.23. The van der Waals surface area contributed by atoms with Gasteiger partial charge in [-0.1, -0.05) is 29.3 Å². The van der Waals surface area contributed by atoms with Gasteiger partial charge in [-0.15, -0.1) is 0 Å². The van der Waals surface area contributed by atoms with Gasteiger partial charge in [0.1, 0.15) is 6.04 Å². The molecule has 1 atom stereocenters. The predicted molar refractivity (Wildman–Crippen MR) is 100 cm³/mol. The van der Waals surface area contributed by atoms with Gasteiger partial charge in [0.25, 0.3) is 5.91 Å². The van der Waals surface area contributed by atoms with E-state index in [2.05, 4.69) is 15.8 Å². The summed E-state index contributed by atoms with van der Waals surface area (Å²) in [5, 5.41) is 27.9. The number of nitro groups is 1. The first-order chi connectivity index (χ1) is 12.3. The fourth-order valence-corrected chi connectivity index (χ4v) is 2.41. The van der Waals surface area contributed by atoms with Crippen molar-refractivity contribution in [1.29, 1.82) is 0 Å². The number of carbonyl (C=O) groups excluding carboxylic acids is 1. The maximum atomic E-state index is 12.0. The van der Waals surface area contributed by atoms with E-state index in [9.17, 15) is 20.0 Å². The van der Waals surface area contributed by atoms with Crippen LogP contribution in [0, 0.1) is 10.1 Å². The standard InChI is InChI=1S/C16H14Cl2N4O4/c1-9(20-13-4-2-3-11(17)6-13)16(24)21-19-8-10-5-12(18)7-14(15(10)23)22(25)26/h2-9,20,23H,1H3,(H,21,24)/b19-8+/t9-/m1/s1. The lowest BCUT2D eigenvalue weighted by Gasteiger charge is -2.13. The smallest absolute Gasteiger partial charge is 0.312 e. The third-order valence-corrected chi connectivity index (χ3v) is 3.71. The molecular formula is C16H14Cl2N4O4. The molecule has 2 rings (SSSR count). The summed E-state index contributed by atoms with van der Waals surface area (Å²) >= 11 is 11.7. The Labute approximate surface area is 158 Å². The van der Waals surface area contributed by atoms with Gasteiger partial charge in [0.2, 0.25) is 5.75 Å². The molecular weight excluding hydrogens is 383 g/mol. The van der Waals surface area contributed by atoms with Gasteiger partial charge in [-0.05, 0) is 31.2 Å². The topological polar surface area (TPSA) is 117 Å². The van der Waals surface area contributed by atoms with Gasteiger partial charge < -0.3 is 10.4 Å². The number of nitro benzene ring substituents is 1. The van der Waals surface area contributed by atoms with E-state index in [0.29, 0.717) is 10.7 Å². The Morgan fingerprint density at radius 3 is 2.69 bits per heavy atom. The van der Waals surface area contributed by atoms with Crippen LogP contribution >= 0.6 is 23.2 Å². The minimum Gasteiger partial charge on any atom is -0.502 e. The molecule has 0 saturated heterocycles. The summed E-state index contributed by atoms with van der Waals surface area (Å²) in [6, 6.07) is 8.53. The first-order valence-corrected chi connectivity index (χ1v) is 8.05. The van der Waals surface area contributed by atoms with Crippen LogP contribution in [0.25, 0.3) is 0 Å². The molecule has 0 fully saturated rings. The van der Waals surface area contributed by atoms with Crippen LogP contribution in [0.1, 0.15) is 12.5 Å². The molecule has 26 heavy (non-hydrogen) atoms. The Morgan fingerprint density at radius 1 is 1.31 bits per heavy atom. The lowest BCUT2D eigenvalue weighted by atomic mass is 10.2. The van der Waals surface area contributed by atoms with Crippen LogP contribution in [0.2, 0.25) is 10.0 Å². The summed E-state index contributed by atoms with van der Waals surface area (Å²) in [6.45, 7) is 1.62. The SMILES string of the molecule is C[C@@H](Nc1cccc(Cl)c1)C(=O)N/N=C/c1cc(Cl)cc([N+](=O)[O-])c1O.